The number of alkyl carbamates (subject to hydrolysis) is 1. The fourth-order valence-electron chi connectivity index (χ4n) is 3.00. The Kier molecular flexibility index (Phi) is 3.83. The van der Waals surface area contributed by atoms with Gasteiger partial charge in [-0.2, -0.15) is 0 Å². The van der Waals surface area contributed by atoms with Crippen LogP contribution in [0.5, 0.6) is 0 Å². The van der Waals surface area contributed by atoms with Gasteiger partial charge in [0.1, 0.15) is 6.04 Å². The molecule has 1 aliphatic heterocycles. The zero-order valence-corrected chi connectivity index (χ0v) is 11.9. The Morgan fingerprint density at radius 3 is 2.53 bits per heavy atom. The van der Waals surface area contributed by atoms with Crippen molar-refractivity contribution < 1.29 is 14.3 Å². The summed E-state index contributed by atoms with van der Waals surface area (Å²) in [6.45, 7) is 5.92. The number of nitrogens with zero attached hydrogens (tertiary/aromatic N) is 1. The molecule has 0 saturated carbocycles. The SMILES string of the molecule is COC(=O)N[C@H](C(=O)N1[C@H]2C=C[C@H](C2)[C@@H]1C)C(C)C. The van der Waals surface area contributed by atoms with Crippen molar-refractivity contribution in [2.75, 3.05) is 7.11 Å². The van der Waals surface area contributed by atoms with E-state index < -0.39 is 12.1 Å². The molecule has 106 valence electrons. The minimum Gasteiger partial charge on any atom is -0.453 e. The second-order valence-electron chi connectivity index (χ2n) is 5.70. The number of carbonyl (C=O) groups is 2. The summed E-state index contributed by atoms with van der Waals surface area (Å²) >= 11 is 0. The molecule has 2 aliphatic rings. The van der Waals surface area contributed by atoms with Gasteiger partial charge in [-0.25, -0.2) is 4.79 Å². The van der Waals surface area contributed by atoms with E-state index >= 15 is 0 Å². The van der Waals surface area contributed by atoms with Crippen molar-refractivity contribution in [1.82, 2.24) is 10.2 Å². The fourth-order valence-corrected chi connectivity index (χ4v) is 3.00. The highest BCUT2D eigenvalue weighted by atomic mass is 16.5. The van der Waals surface area contributed by atoms with Crippen molar-refractivity contribution >= 4 is 12.0 Å². The van der Waals surface area contributed by atoms with Crippen LogP contribution < -0.4 is 5.32 Å². The van der Waals surface area contributed by atoms with E-state index in [0.717, 1.165) is 6.42 Å². The molecule has 1 N–H and O–H groups in total. The first-order chi connectivity index (χ1) is 8.95. The van der Waals surface area contributed by atoms with Crippen LogP contribution in [0, 0.1) is 11.8 Å². The zero-order chi connectivity index (χ0) is 14.2. The predicted molar refractivity (Wildman–Crippen MR) is 71.5 cm³/mol. The minimum absolute atomic E-state index is 0.00949. The third kappa shape index (κ3) is 2.46. The van der Waals surface area contributed by atoms with E-state index in [4.69, 9.17) is 0 Å². The molecule has 5 heteroatoms. The monoisotopic (exact) mass is 266 g/mol. The average molecular weight is 266 g/mol. The van der Waals surface area contributed by atoms with Gasteiger partial charge in [-0.05, 0) is 25.2 Å². The summed E-state index contributed by atoms with van der Waals surface area (Å²) in [4.78, 5) is 25.9. The summed E-state index contributed by atoms with van der Waals surface area (Å²) in [6, 6.07) is -0.126. The van der Waals surface area contributed by atoms with E-state index in [2.05, 4.69) is 29.1 Å². The number of ether oxygens (including phenoxy) is 1. The first kappa shape index (κ1) is 13.9. The van der Waals surface area contributed by atoms with Crippen molar-refractivity contribution in [3.05, 3.63) is 12.2 Å². The molecule has 0 aromatic carbocycles. The standard InChI is InChI=1S/C14H22N2O3/c1-8(2)12(15-14(18)19-4)13(17)16-9(3)10-5-6-11(16)7-10/h5-6,8-12H,7H2,1-4H3,(H,15,18)/t9-,10+,11-,12-/m0/s1. The first-order valence-corrected chi connectivity index (χ1v) is 6.80. The van der Waals surface area contributed by atoms with Gasteiger partial charge in [-0.3, -0.25) is 4.79 Å². The van der Waals surface area contributed by atoms with E-state index in [1.54, 1.807) is 0 Å². The number of fused-ring (bicyclic) bond motifs is 2. The zero-order valence-electron chi connectivity index (χ0n) is 11.9. The van der Waals surface area contributed by atoms with E-state index in [1.807, 2.05) is 18.7 Å². The maximum absolute atomic E-state index is 12.7. The van der Waals surface area contributed by atoms with Crippen LogP contribution in [-0.2, 0) is 9.53 Å². The summed E-state index contributed by atoms with van der Waals surface area (Å²) in [6.07, 6.45) is 4.74. The Bertz CT molecular complexity index is 405. The molecular weight excluding hydrogens is 244 g/mol. The van der Waals surface area contributed by atoms with Gasteiger partial charge in [0.2, 0.25) is 5.91 Å². The number of amides is 2. The number of methoxy groups -OCH3 is 1. The molecule has 2 bridgehead atoms. The summed E-state index contributed by atoms with van der Waals surface area (Å²) < 4.78 is 4.60. The predicted octanol–water partition coefficient (Wildman–Crippen LogP) is 1.54. The average Bonchev–Trinajstić information content (AvgIpc) is 2.95. The Morgan fingerprint density at radius 1 is 1.37 bits per heavy atom. The van der Waals surface area contributed by atoms with Gasteiger partial charge in [0.05, 0.1) is 13.2 Å². The third-order valence-corrected chi connectivity index (χ3v) is 4.16. The van der Waals surface area contributed by atoms with Crippen molar-refractivity contribution in [2.24, 2.45) is 11.8 Å². The Morgan fingerprint density at radius 2 is 2.05 bits per heavy atom. The quantitative estimate of drug-likeness (QED) is 0.788. The van der Waals surface area contributed by atoms with Crippen molar-refractivity contribution in [2.45, 2.75) is 45.3 Å². The Hall–Kier alpha value is -1.52. The van der Waals surface area contributed by atoms with Crippen LogP contribution >= 0.6 is 0 Å². The molecule has 0 radical (unpaired) electrons. The second kappa shape index (κ2) is 5.23. The Labute approximate surface area is 114 Å². The number of hydrogen-bond acceptors (Lipinski definition) is 3. The van der Waals surface area contributed by atoms with Crippen molar-refractivity contribution in [3.8, 4) is 0 Å². The summed E-state index contributed by atoms with van der Waals surface area (Å²) in [7, 11) is 1.31. The lowest BCUT2D eigenvalue weighted by Gasteiger charge is -2.34. The maximum Gasteiger partial charge on any atom is 0.407 e. The lowest BCUT2D eigenvalue weighted by molar-refractivity contribution is -0.136. The van der Waals surface area contributed by atoms with Gasteiger partial charge in [0.15, 0.2) is 0 Å². The van der Waals surface area contributed by atoms with E-state index in [1.165, 1.54) is 7.11 Å². The number of likely N-dealkylation sites (tertiary alicyclic amines) is 1. The molecular formula is C14H22N2O3. The molecule has 2 amide bonds. The van der Waals surface area contributed by atoms with Crippen molar-refractivity contribution in [1.29, 1.82) is 0 Å². The highest BCUT2D eigenvalue weighted by molar-refractivity contribution is 5.87. The normalized spacial score (nSPS) is 29.7. The minimum atomic E-state index is -0.556. The van der Waals surface area contributed by atoms with Crippen LogP contribution in [0.25, 0.3) is 0 Å². The highest BCUT2D eigenvalue weighted by Crippen LogP contribution is 2.37. The molecule has 0 unspecified atom stereocenters. The second-order valence-corrected chi connectivity index (χ2v) is 5.70. The molecule has 0 spiro atoms. The largest absolute Gasteiger partial charge is 0.453 e. The molecule has 2 rings (SSSR count). The number of rotatable bonds is 3. The molecule has 0 aromatic heterocycles. The fraction of sp³-hybridized carbons (Fsp3) is 0.714. The first-order valence-electron chi connectivity index (χ1n) is 6.80. The van der Waals surface area contributed by atoms with Gasteiger partial charge in [-0.1, -0.05) is 26.0 Å². The van der Waals surface area contributed by atoms with Crippen molar-refractivity contribution in [3.63, 3.8) is 0 Å². The number of hydrogen-bond donors (Lipinski definition) is 1. The van der Waals surface area contributed by atoms with Crippen LogP contribution in [0.3, 0.4) is 0 Å². The van der Waals surface area contributed by atoms with E-state index in [-0.39, 0.29) is 23.9 Å². The molecule has 5 nitrogen and oxygen atoms in total. The maximum atomic E-state index is 12.7. The van der Waals surface area contributed by atoms with Crippen LogP contribution in [0.4, 0.5) is 4.79 Å². The Balaban J connectivity index is 2.12. The van der Waals surface area contributed by atoms with Gasteiger partial charge in [0, 0.05) is 6.04 Å². The van der Waals surface area contributed by atoms with E-state index in [0.29, 0.717) is 5.92 Å². The smallest absolute Gasteiger partial charge is 0.407 e. The van der Waals surface area contributed by atoms with Gasteiger partial charge in [0.25, 0.3) is 0 Å². The molecule has 1 saturated heterocycles. The van der Waals surface area contributed by atoms with Crippen LogP contribution in [0.1, 0.15) is 27.2 Å². The summed E-state index contributed by atoms with van der Waals surface area (Å²) in [5.74, 6) is 0.478. The lowest BCUT2D eigenvalue weighted by Crippen LogP contribution is -2.54. The molecule has 0 aromatic rings. The third-order valence-electron chi connectivity index (χ3n) is 4.16. The topological polar surface area (TPSA) is 58.6 Å². The van der Waals surface area contributed by atoms with Crippen LogP contribution in [-0.4, -0.2) is 42.1 Å². The van der Waals surface area contributed by atoms with Gasteiger partial charge in [-0.15, -0.1) is 0 Å². The molecule has 19 heavy (non-hydrogen) atoms. The number of carbonyl (C=O) groups excluding carboxylic acids is 2. The number of nitrogens with one attached hydrogen (secondary N) is 1. The lowest BCUT2D eigenvalue weighted by atomic mass is 10.00. The van der Waals surface area contributed by atoms with Gasteiger partial charge < -0.3 is 15.0 Å². The van der Waals surface area contributed by atoms with E-state index in [9.17, 15) is 9.59 Å². The molecule has 4 atom stereocenters. The van der Waals surface area contributed by atoms with Gasteiger partial charge >= 0.3 is 6.09 Å². The molecule has 1 aliphatic carbocycles. The van der Waals surface area contributed by atoms with Crippen LogP contribution in [0.15, 0.2) is 12.2 Å². The summed E-state index contributed by atoms with van der Waals surface area (Å²) in [5, 5.41) is 2.65. The van der Waals surface area contributed by atoms with Crippen LogP contribution in [0.2, 0.25) is 0 Å². The molecule has 1 fully saturated rings. The summed E-state index contributed by atoms with van der Waals surface area (Å²) in [5.41, 5.74) is 0. The molecule has 1 heterocycles. The highest BCUT2D eigenvalue weighted by Gasteiger charge is 2.45.